The highest BCUT2D eigenvalue weighted by molar-refractivity contribution is 5.88. The molecule has 0 unspecified atom stereocenters. The molecule has 3 aromatic heterocycles. The van der Waals surface area contributed by atoms with Crippen molar-refractivity contribution in [3.63, 3.8) is 0 Å². The summed E-state index contributed by atoms with van der Waals surface area (Å²) in [5.74, 6) is 0.131. The van der Waals surface area contributed by atoms with Crippen molar-refractivity contribution in [2.45, 2.75) is 6.92 Å². The van der Waals surface area contributed by atoms with Gasteiger partial charge in [-0.3, -0.25) is 10.1 Å². The molecule has 3 rings (SSSR count). The van der Waals surface area contributed by atoms with Gasteiger partial charge < -0.3 is 4.74 Å². The average Bonchev–Trinajstić information content (AvgIpc) is 2.99. The summed E-state index contributed by atoms with van der Waals surface area (Å²) >= 11 is 0. The van der Waals surface area contributed by atoms with Crippen LogP contribution in [0.5, 0.6) is 0 Å². The Kier molecular flexibility index (Phi) is 2.71. The normalized spacial score (nSPS) is 10.8. The lowest BCUT2D eigenvalue weighted by molar-refractivity contribution is 0.0519. The number of esters is 1. The van der Waals surface area contributed by atoms with E-state index < -0.39 is 5.97 Å². The number of fused-ring (bicyclic) bond motifs is 1. The third-order valence-corrected chi connectivity index (χ3v) is 2.58. The molecule has 0 saturated heterocycles. The van der Waals surface area contributed by atoms with Crippen LogP contribution in [0.4, 0.5) is 0 Å². The molecule has 96 valence electrons. The molecule has 19 heavy (non-hydrogen) atoms. The molecule has 0 saturated carbocycles. The van der Waals surface area contributed by atoms with Crippen LogP contribution >= 0.6 is 0 Å². The van der Waals surface area contributed by atoms with E-state index in [9.17, 15) is 4.79 Å². The third kappa shape index (κ3) is 1.95. The summed E-state index contributed by atoms with van der Waals surface area (Å²) in [6.07, 6.45) is 1.67. The summed E-state index contributed by atoms with van der Waals surface area (Å²) in [7, 11) is 0. The second-order valence-corrected chi connectivity index (χ2v) is 3.82. The zero-order valence-electron chi connectivity index (χ0n) is 10.2. The Labute approximate surface area is 108 Å². The maximum Gasteiger partial charge on any atom is 0.356 e. The molecule has 3 aromatic rings. The molecular formula is C12H11N5O2. The number of H-pyrrole nitrogens is 1. The van der Waals surface area contributed by atoms with E-state index >= 15 is 0 Å². The first-order chi connectivity index (χ1) is 9.29. The predicted molar refractivity (Wildman–Crippen MR) is 66.5 cm³/mol. The number of rotatable bonds is 3. The van der Waals surface area contributed by atoms with Gasteiger partial charge in [-0.25, -0.2) is 9.31 Å². The highest BCUT2D eigenvalue weighted by Crippen LogP contribution is 2.16. The molecular weight excluding hydrogens is 246 g/mol. The molecule has 0 spiro atoms. The van der Waals surface area contributed by atoms with E-state index in [1.807, 2.05) is 18.2 Å². The molecule has 0 aliphatic carbocycles. The molecule has 0 bridgehead atoms. The predicted octanol–water partition coefficient (Wildman–Crippen LogP) is 1.30. The van der Waals surface area contributed by atoms with E-state index in [0.29, 0.717) is 29.5 Å². The van der Waals surface area contributed by atoms with E-state index in [-0.39, 0.29) is 0 Å². The SMILES string of the molecule is CCOC(=O)c1cc2nnc(-c3ccccn3)n2[nH]1. The fraction of sp³-hybridized carbons (Fsp3) is 0.167. The first kappa shape index (κ1) is 11.4. The van der Waals surface area contributed by atoms with Crippen LogP contribution in [0.25, 0.3) is 17.2 Å². The highest BCUT2D eigenvalue weighted by Gasteiger charge is 2.15. The van der Waals surface area contributed by atoms with Gasteiger partial charge in [-0.15, -0.1) is 10.2 Å². The molecule has 0 aliphatic heterocycles. The number of aromatic amines is 1. The number of aromatic nitrogens is 5. The topological polar surface area (TPSA) is 85.2 Å². The lowest BCUT2D eigenvalue weighted by Gasteiger charge is -1.98. The summed E-state index contributed by atoms with van der Waals surface area (Å²) in [5.41, 5.74) is 1.56. The molecule has 0 amide bonds. The van der Waals surface area contributed by atoms with Crippen molar-refractivity contribution in [2.24, 2.45) is 0 Å². The number of pyridine rings is 1. The smallest absolute Gasteiger partial charge is 0.356 e. The van der Waals surface area contributed by atoms with Crippen molar-refractivity contribution in [2.75, 3.05) is 6.61 Å². The van der Waals surface area contributed by atoms with Gasteiger partial charge in [0.25, 0.3) is 0 Å². The number of nitrogens with zero attached hydrogens (tertiary/aromatic N) is 4. The zero-order valence-corrected chi connectivity index (χ0v) is 10.2. The van der Waals surface area contributed by atoms with Gasteiger partial charge >= 0.3 is 5.97 Å². The minimum absolute atomic E-state index is 0.325. The van der Waals surface area contributed by atoms with Crippen molar-refractivity contribution in [1.29, 1.82) is 0 Å². The Morgan fingerprint density at radius 3 is 3.05 bits per heavy atom. The maximum absolute atomic E-state index is 11.6. The molecule has 7 nitrogen and oxygen atoms in total. The number of carbonyl (C=O) groups excluding carboxylic acids is 1. The summed E-state index contributed by atoms with van der Waals surface area (Å²) in [5, 5.41) is 10.9. The minimum atomic E-state index is -0.417. The van der Waals surface area contributed by atoms with Gasteiger partial charge in [-0.2, -0.15) is 0 Å². The van der Waals surface area contributed by atoms with Crippen LogP contribution in [0.2, 0.25) is 0 Å². The summed E-state index contributed by atoms with van der Waals surface area (Å²) in [6.45, 7) is 2.08. The quantitative estimate of drug-likeness (QED) is 0.715. The van der Waals surface area contributed by atoms with Crippen LogP contribution in [0, 0.1) is 0 Å². The highest BCUT2D eigenvalue weighted by atomic mass is 16.5. The van der Waals surface area contributed by atoms with Crippen molar-refractivity contribution in [3.05, 3.63) is 36.2 Å². The molecule has 3 heterocycles. The fourth-order valence-electron chi connectivity index (χ4n) is 1.76. The van der Waals surface area contributed by atoms with Gasteiger partial charge in [0.2, 0.25) is 5.82 Å². The minimum Gasteiger partial charge on any atom is -0.461 e. The average molecular weight is 257 g/mol. The number of hydrogen-bond acceptors (Lipinski definition) is 5. The van der Waals surface area contributed by atoms with Gasteiger partial charge in [0.05, 0.1) is 6.61 Å². The second kappa shape index (κ2) is 4.52. The number of nitrogens with one attached hydrogen (secondary N) is 1. The Morgan fingerprint density at radius 1 is 1.42 bits per heavy atom. The van der Waals surface area contributed by atoms with Crippen LogP contribution in [0.3, 0.4) is 0 Å². The first-order valence-electron chi connectivity index (χ1n) is 5.82. The van der Waals surface area contributed by atoms with Crippen molar-refractivity contribution in [3.8, 4) is 11.5 Å². The Bertz CT molecular complexity index is 716. The van der Waals surface area contributed by atoms with Crippen molar-refractivity contribution in [1.82, 2.24) is 24.8 Å². The molecule has 0 fully saturated rings. The lowest BCUT2D eigenvalue weighted by atomic mass is 10.3. The fourth-order valence-corrected chi connectivity index (χ4v) is 1.76. The van der Waals surface area contributed by atoms with Gasteiger partial charge in [0, 0.05) is 12.3 Å². The Balaban J connectivity index is 2.06. The third-order valence-electron chi connectivity index (χ3n) is 2.58. The van der Waals surface area contributed by atoms with E-state index in [1.54, 1.807) is 23.7 Å². The number of carbonyl (C=O) groups is 1. The molecule has 1 N–H and O–H groups in total. The number of ether oxygens (including phenoxy) is 1. The largest absolute Gasteiger partial charge is 0.461 e. The Hall–Kier alpha value is -2.70. The van der Waals surface area contributed by atoms with Crippen molar-refractivity contribution < 1.29 is 9.53 Å². The van der Waals surface area contributed by atoms with Gasteiger partial charge in [0.1, 0.15) is 11.4 Å². The zero-order chi connectivity index (χ0) is 13.2. The van der Waals surface area contributed by atoms with Crippen LogP contribution in [-0.4, -0.2) is 37.4 Å². The Morgan fingerprint density at radius 2 is 2.32 bits per heavy atom. The van der Waals surface area contributed by atoms with E-state index in [2.05, 4.69) is 20.3 Å². The van der Waals surface area contributed by atoms with Crippen LogP contribution in [0.1, 0.15) is 17.4 Å². The lowest BCUT2D eigenvalue weighted by Crippen LogP contribution is -2.06. The monoisotopic (exact) mass is 257 g/mol. The summed E-state index contributed by atoms with van der Waals surface area (Å²) < 4.78 is 6.53. The summed E-state index contributed by atoms with van der Waals surface area (Å²) in [4.78, 5) is 15.8. The number of hydrogen-bond donors (Lipinski definition) is 1. The molecule has 7 heteroatoms. The summed E-state index contributed by atoms with van der Waals surface area (Å²) in [6, 6.07) is 7.10. The maximum atomic E-state index is 11.6. The standard InChI is InChI=1S/C12H11N5O2/c1-2-19-12(18)9-7-10-14-15-11(17(10)16-9)8-5-3-4-6-13-8/h3-7,16H,2H2,1H3. The van der Waals surface area contributed by atoms with Crippen LogP contribution in [0.15, 0.2) is 30.5 Å². The van der Waals surface area contributed by atoms with Crippen LogP contribution < -0.4 is 0 Å². The van der Waals surface area contributed by atoms with Gasteiger partial charge in [0.15, 0.2) is 5.65 Å². The van der Waals surface area contributed by atoms with E-state index in [1.165, 1.54) is 0 Å². The van der Waals surface area contributed by atoms with E-state index in [4.69, 9.17) is 4.74 Å². The molecule has 0 atom stereocenters. The second-order valence-electron chi connectivity index (χ2n) is 3.82. The van der Waals surface area contributed by atoms with Crippen molar-refractivity contribution >= 4 is 11.6 Å². The van der Waals surface area contributed by atoms with Gasteiger partial charge in [-0.1, -0.05) is 6.07 Å². The van der Waals surface area contributed by atoms with Gasteiger partial charge in [-0.05, 0) is 19.1 Å². The molecule has 0 radical (unpaired) electrons. The van der Waals surface area contributed by atoms with Crippen LogP contribution in [-0.2, 0) is 4.74 Å². The first-order valence-corrected chi connectivity index (χ1v) is 5.82. The van der Waals surface area contributed by atoms with E-state index in [0.717, 1.165) is 0 Å². The molecule has 0 aliphatic rings. The molecule has 0 aromatic carbocycles.